The molecule has 5 nitrogen and oxygen atoms in total. The highest BCUT2D eigenvalue weighted by Gasteiger charge is 2.24. The van der Waals surface area contributed by atoms with Gasteiger partial charge in [0, 0.05) is 18.4 Å². The number of amides is 1. The second kappa shape index (κ2) is 11.5. The van der Waals surface area contributed by atoms with Crippen LogP contribution in [0.3, 0.4) is 0 Å². The Morgan fingerprint density at radius 3 is 2.57 bits per heavy atom. The summed E-state index contributed by atoms with van der Waals surface area (Å²) in [5.41, 5.74) is 10.0. The summed E-state index contributed by atoms with van der Waals surface area (Å²) in [6.07, 6.45) is 1.69. The first-order valence-electron chi connectivity index (χ1n) is 8.92. The molecule has 0 aliphatic heterocycles. The van der Waals surface area contributed by atoms with Crippen LogP contribution in [-0.4, -0.2) is 32.3 Å². The molecule has 2 aromatic rings. The van der Waals surface area contributed by atoms with Crippen molar-refractivity contribution in [3.05, 3.63) is 71.8 Å². The van der Waals surface area contributed by atoms with Crippen molar-refractivity contribution in [2.45, 2.75) is 26.4 Å². The van der Waals surface area contributed by atoms with Gasteiger partial charge in [-0.2, -0.15) is 0 Å². The Morgan fingerprint density at radius 2 is 1.93 bits per heavy atom. The van der Waals surface area contributed by atoms with Crippen LogP contribution in [0.5, 0.6) is 5.75 Å². The van der Waals surface area contributed by atoms with E-state index in [0.717, 1.165) is 22.6 Å². The van der Waals surface area contributed by atoms with E-state index in [0.29, 0.717) is 13.2 Å². The fourth-order valence-electron chi connectivity index (χ4n) is 2.74. The second-order valence-electron chi connectivity index (χ2n) is 6.46. The first kappa shape index (κ1) is 23.7. The Balaban J connectivity index is 0.00000392. The highest BCUT2D eigenvalue weighted by molar-refractivity contribution is 5.97. The van der Waals surface area contributed by atoms with E-state index in [-0.39, 0.29) is 24.9 Å². The third-order valence-corrected chi connectivity index (χ3v) is 4.39. The smallest absolute Gasteiger partial charge is 0.246 e. The van der Waals surface area contributed by atoms with Gasteiger partial charge in [-0.25, -0.2) is 0 Å². The second-order valence-corrected chi connectivity index (χ2v) is 6.46. The standard InChI is InChI=1S/C22H28N2O3.ClH/c1-5-12-27-21-9-7-6-8-18(21)14-24(22(25)20(23)15-26-4)19-11-10-16(2)17(3)13-19;/h5-11,13,20H,1,12,14-15,23H2,2-4H3;1H. The third kappa shape index (κ3) is 6.09. The lowest BCUT2D eigenvalue weighted by atomic mass is 10.1. The molecule has 1 unspecified atom stereocenters. The minimum atomic E-state index is -0.738. The molecule has 0 radical (unpaired) electrons. The molecule has 2 aromatic carbocycles. The molecule has 2 rings (SSSR count). The van der Waals surface area contributed by atoms with Crippen LogP contribution in [0.1, 0.15) is 16.7 Å². The summed E-state index contributed by atoms with van der Waals surface area (Å²) in [4.78, 5) is 14.7. The van der Waals surface area contributed by atoms with Crippen molar-refractivity contribution in [1.29, 1.82) is 0 Å². The average Bonchev–Trinajstić information content (AvgIpc) is 2.67. The quantitative estimate of drug-likeness (QED) is 0.645. The number of hydrogen-bond donors (Lipinski definition) is 1. The Bertz CT molecular complexity index is 795. The van der Waals surface area contributed by atoms with Gasteiger partial charge in [0.25, 0.3) is 0 Å². The maximum absolute atomic E-state index is 13.0. The average molecular weight is 405 g/mol. The van der Waals surface area contributed by atoms with Crippen molar-refractivity contribution in [2.24, 2.45) is 5.73 Å². The van der Waals surface area contributed by atoms with Gasteiger partial charge in [-0.15, -0.1) is 12.4 Å². The Kier molecular flexibility index (Phi) is 9.73. The number of nitrogens with two attached hydrogens (primary N) is 1. The molecule has 1 atom stereocenters. The normalized spacial score (nSPS) is 11.3. The van der Waals surface area contributed by atoms with Gasteiger partial charge in [0.15, 0.2) is 0 Å². The van der Waals surface area contributed by atoms with Crippen molar-refractivity contribution >= 4 is 24.0 Å². The Labute approximate surface area is 173 Å². The van der Waals surface area contributed by atoms with Gasteiger partial charge in [0.2, 0.25) is 5.91 Å². The molecule has 0 saturated heterocycles. The molecule has 2 N–H and O–H groups in total. The monoisotopic (exact) mass is 404 g/mol. The van der Waals surface area contributed by atoms with E-state index in [2.05, 4.69) is 6.58 Å². The van der Waals surface area contributed by atoms with Crippen LogP contribution in [0, 0.1) is 13.8 Å². The molecule has 0 heterocycles. The lowest BCUT2D eigenvalue weighted by Gasteiger charge is -2.27. The number of anilines is 1. The Morgan fingerprint density at radius 1 is 1.21 bits per heavy atom. The van der Waals surface area contributed by atoms with Crippen LogP contribution < -0.4 is 15.4 Å². The summed E-state index contributed by atoms with van der Waals surface area (Å²) in [7, 11) is 1.53. The summed E-state index contributed by atoms with van der Waals surface area (Å²) >= 11 is 0. The van der Waals surface area contributed by atoms with E-state index in [4.69, 9.17) is 15.2 Å². The SMILES string of the molecule is C=CCOc1ccccc1CN(C(=O)C(N)COC)c1ccc(C)c(C)c1.Cl. The van der Waals surface area contributed by atoms with Crippen molar-refractivity contribution in [2.75, 3.05) is 25.2 Å². The van der Waals surface area contributed by atoms with E-state index < -0.39 is 6.04 Å². The van der Waals surface area contributed by atoms with E-state index in [9.17, 15) is 4.79 Å². The molecule has 0 aromatic heterocycles. The van der Waals surface area contributed by atoms with Gasteiger partial charge in [0.1, 0.15) is 18.4 Å². The van der Waals surface area contributed by atoms with Gasteiger partial charge in [-0.3, -0.25) is 4.79 Å². The highest BCUT2D eigenvalue weighted by atomic mass is 35.5. The zero-order valence-corrected chi connectivity index (χ0v) is 17.5. The number of aryl methyl sites for hydroxylation is 2. The fraction of sp³-hybridized carbons (Fsp3) is 0.318. The number of benzene rings is 2. The molecular formula is C22H29ClN2O3. The van der Waals surface area contributed by atoms with Crippen molar-refractivity contribution in [3.8, 4) is 5.75 Å². The van der Waals surface area contributed by atoms with Crippen LogP contribution in [0.4, 0.5) is 5.69 Å². The molecule has 0 spiro atoms. The van der Waals surface area contributed by atoms with Gasteiger partial charge in [-0.1, -0.05) is 36.9 Å². The topological polar surface area (TPSA) is 64.8 Å². The molecule has 0 saturated carbocycles. The predicted molar refractivity (Wildman–Crippen MR) is 116 cm³/mol. The molecule has 28 heavy (non-hydrogen) atoms. The molecule has 0 bridgehead atoms. The molecule has 0 aliphatic carbocycles. The summed E-state index contributed by atoms with van der Waals surface area (Å²) in [6.45, 7) is 8.67. The van der Waals surface area contributed by atoms with E-state index in [1.54, 1.807) is 11.0 Å². The maximum Gasteiger partial charge on any atom is 0.246 e. The highest BCUT2D eigenvalue weighted by Crippen LogP contribution is 2.26. The van der Waals surface area contributed by atoms with E-state index in [1.807, 2.05) is 56.3 Å². The van der Waals surface area contributed by atoms with Crippen LogP contribution >= 0.6 is 12.4 Å². The summed E-state index contributed by atoms with van der Waals surface area (Å²) in [5, 5.41) is 0. The van der Waals surface area contributed by atoms with Crippen molar-refractivity contribution in [1.82, 2.24) is 0 Å². The molecule has 0 aliphatic rings. The minimum absolute atomic E-state index is 0. The number of carbonyl (C=O) groups excluding carboxylic acids is 1. The van der Waals surface area contributed by atoms with Crippen molar-refractivity contribution < 1.29 is 14.3 Å². The number of nitrogens with zero attached hydrogens (tertiary/aromatic N) is 1. The van der Waals surface area contributed by atoms with Crippen LogP contribution in [0.15, 0.2) is 55.1 Å². The lowest BCUT2D eigenvalue weighted by molar-refractivity contribution is -0.121. The number of hydrogen-bond acceptors (Lipinski definition) is 4. The third-order valence-electron chi connectivity index (χ3n) is 4.39. The van der Waals surface area contributed by atoms with E-state index >= 15 is 0 Å². The van der Waals surface area contributed by atoms with Gasteiger partial charge >= 0.3 is 0 Å². The molecule has 152 valence electrons. The molecule has 6 heteroatoms. The van der Waals surface area contributed by atoms with Crippen LogP contribution in [-0.2, 0) is 16.1 Å². The van der Waals surface area contributed by atoms with E-state index in [1.165, 1.54) is 12.7 Å². The Hall–Kier alpha value is -2.34. The zero-order valence-electron chi connectivity index (χ0n) is 16.7. The number of carbonyl (C=O) groups is 1. The number of halogens is 1. The van der Waals surface area contributed by atoms with Crippen LogP contribution in [0.2, 0.25) is 0 Å². The lowest BCUT2D eigenvalue weighted by Crippen LogP contribution is -2.46. The van der Waals surface area contributed by atoms with Gasteiger partial charge < -0.3 is 20.1 Å². The maximum atomic E-state index is 13.0. The van der Waals surface area contributed by atoms with Crippen molar-refractivity contribution in [3.63, 3.8) is 0 Å². The number of para-hydroxylation sites is 1. The largest absolute Gasteiger partial charge is 0.489 e. The first-order valence-corrected chi connectivity index (χ1v) is 8.92. The summed E-state index contributed by atoms with van der Waals surface area (Å²) in [5.74, 6) is 0.526. The number of ether oxygens (including phenoxy) is 2. The number of rotatable bonds is 9. The summed E-state index contributed by atoms with van der Waals surface area (Å²) in [6, 6.07) is 12.9. The first-order chi connectivity index (χ1) is 13.0. The zero-order chi connectivity index (χ0) is 19.8. The van der Waals surface area contributed by atoms with Gasteiger partial charge in [0.05, 0.1) is 13.2 Å². The minimum Gasteiger partial charge on any atom is -0.489 e. The van der Waals surface area contributed by atoms with Crippen LogP contribution in [0.25, 0.3) is 0 Å². The summed E-state index contributed by atoms with van der Waals surface area (Å²) < 4.78 is 10.8. The predicted octanol–water partition coefficient (Wildman–Crippen LogP) is 3.80. The molecular weight excluding hydrogens is 376 g/mol. The fourth-order valence-corrected chi connectivity index (χ4v) is 2.74. The molecule has 1 amide bonds. The number of methoxy groups -OCH3 is 1. The van der Waals surface area contributed by atoms with Gasteiger partial charge in [-0.05, 0) is 43.2 Å². The molecule has 0 fully saturated rings.